The number of rotatable bonds is 7. The van der Waals surface area contributed by atoms with Gasteiger partial charge in [-0.3, -0.25) is 14.5 Å². The maximum Gasteiger partial charge on any atom is 0.325 e. The number of benzene rings is 1. The van der Waals surface area contributed by atoms with E-state index >= 15 is 0 Å². The van der Waals surface area contributed by atoms with Gasteiger partial charge in [-0.25, -0.2) is 4.79 Å². The Morgan fingerprint density at radius 2 is 1.93 bits per heavy atom. The van der Waals surface area contributed by atoms with Crippen molar-refractivity contribution >= 4 is 17.8 Å². The van der Waals surface area contributed by atoms with Crippen LogP contribution in [-0.4, -0.2) is 54.1 Å². The Balaban J connectivity index is 1.81. The zero-order valence-corrected chi connectivity index (χ0v) is 15.1. The molecule has 1 N–H and O–H groups in total. The van der Waals surface area contributed by atoms with E-state index in [1.807, 2.05) is 0 Å². The number of nitrogens with one attached hydrogen (secondary N) is 1. The van der Waals surface area contributed by atoms with Crippen LogP contribution in [0.3, 0.4) is 0 Å². The van der Waals surface area contributed by atoms with Gasteiger partial charge in [-0.2, -0.15) is 0 Å². The van der Waals surface area contributed by atoms with Crippen LogP contribution in [0.5, 0.6) is 11.5 Å². The van der Waals surface area contributed by atoms with Crippen molar-refractivity contribution in [2.75, 3.05) is 26.4 Å². The second kappa shape index (κ2) is 7.14. The van der Waals surface area contributed by atoms with E-state index in [2.05, 4.69) is 18.5 Å². The Kier molecular flexibility index (Phi) is 4.89. The van der Waals surface area contributed by atoms with Crippen LogP contribution in [0.1, 0.15) is 12.5 Å². The number of urea groups is 1. The predicted molar refractivity (Wildman–Crippen MR) is 97.1 cm³/mol. The van der Waals surface area contributed by atoms with E-state index in [0.29, 0.717) is 30.2 Å². The highest BCUT2D eigenvalue weighted by Gasteiger charge is 2.50. The van der Waals surface area contributed by atoms with Crippen molar-refractivity contribution in [3.63, 3.8) is 0 Å². The molecule has 1 fully saturated rings. The molecule has 142 valence electrons. The normalized spacial score (nSPS) is 20.4. The summed E-state index contributed by atoms with van der Waals surface area (Å²) in [6.07, 6.45) is 3.15. The highest BCUT2D eigenvalue weighted by atomic mass is 16.7. The molecule has 0 unspecified atom stereocenters. The lowest BCUT2D eigenvalue weighted by Gasteiger charge is -2.24. The molecule has 0 aromatic heterocycles. The number of fused-ring (bicyclic) bond motifs is 1. The van der Waals surface area contributed by atoms with Gasteiger partial charge in [0.25, 0.3) is 5.91 Å². The Morgan fingerprint density at radius 3 is 2.59 bits per heavy atom. The molecule has 8 nitrogen and oxygen atoms in total. The molecular weight excluding hydrogens is 350 g/mol. The monoisotopic (exact) mass is 371 g/mol. The average molecular weight is 371 g/mol. The zero-order chi connectivity index (χ0) is 19.6. The van der Waals surface area contributed by atoms with E-state index in [0.717, 1.165) is 4.90 Å². The van der Waals surface area contributed by atoms with Crippen LogP contribution in [0.25, 0.3) is 0 Å². The Hall–Kier alpha value is -3.29. The summed E-state index contributed by atoms with van der Waals surface area (Å²) >= 11 is 0. The van der Waals surface area contributed by atoms with Crippen LogP contribution in [0.15, 0.2) is 43.5 Å². The lowest BCUT2D eigenvalue weighted by atomic mass is 9.91. The first-order valence-electron chi connectivity index (χ1n) is 8.44. The molecule has 0 aliphatic carbocycles. The number of carbonyl (C=O) groups excluding carboxylic acids is 3. The molecule has 0 bridgehead atoms. The number of carbonyl (C=O) groups is 3. The van der Waals surface area contributed by atoms with E-state index in [-0.39, 0.29) is 19.2 Å². The second-order valence-corrected chi connectivity index (χ2v) is 6.39. The number of imide groups is 1. The summed E-state index contributed by atoms with van der Waals surface area (Å²) < 4.78 is 10.6. The molecule has 0 saturated carbocycles. The average Bonchev–Trinajstić information content (AvgIpc) is 3.20. The van der Waals surface area contributed by atoms with Crippen LogP contribution in [0, 0.1) is 0 Å². The van der Waals surface area contributed by atoms with Gasteiger partial charge in [0.1, 0.15) is 12.1 Å². The van der Waals surface area contributed by atoms with Gasteiger partial charge in [-0.15, -0.1) is 13.2 Å². The van der Waals surface area contributed by atoms with Gasteiger partial charge in [0.2, 0.25) is 12.7 Å². The summed E-state index contributed by atoms with van der Waals surface area (Å²) in [6.45, 7) is 9.17. The number of nitrogens with zero attached hydrogens (tertiary/aromatic N) is 2. The van der Waals surface area contributed by atoms with Crippen LogP contribution < -0.4 is 14.8 Å². The minimum Gasteiger partial charge on any atom is -0.454 e. The summed E-state index contributed by atoms with van der Waals surface area (Å²) in [4.78, 5) is 40.2. The smallest absolute Gasteiger partial charge is 0.325 e. The van der Waals surface area contributed by atoms with E-state index in [4.69, 9.17) is 9.47 Å². The van der Waals surface area contributed by atoms with E-state index in [1.54, 1.807) is 37.3 Å². The molecule has 1 aromatic carbocycles. The standard InChI is InChI=1S/C19H21N3O5/c1-4-8-21(9-5-2)16(23)11-22-17(24)19(3,20-18(22)25)13-6-7-14-15(10-13)27-12-26-14/h4-7,10H,1-2,8-9,11-12H2,3H3,(H,20,25)/t19-/m0/s1. The van der Waals surface area contributed by atoms with Crippen molar-refractivity contribution in [1.82, 2.24) is 15.1 Å². The predicted octanol–water partition coefficient (Wildman–Crippen LogP) is 1.38. The minimum atomic E-state index is -1.29. The number of hydrogen-bond acceptors (Lipinski definition) is 5. The number of ether oxygens (including phenoxy) is 2. The molecule has 1 saturated heterocycles. The third kappa shape index (κ3) is 3.25. The number of amides is 4. The maximum absolute atomic E-state index is 13.0. The van der Waals surface area contributed by atoms with Gasteiger partial charge in [0, 0.05) is 13.1 Å². The summed E-state index contributed by atoms with van der Waals surface area (Å²) in [5.74, 6) is 0.217. The maximum atomic E-state index is 13.0. The van der Waals surface area contributed by atoms with Crippen molar-refractivity contribution in [2.24, 2.45) is 0 Å². The Morgan fingerprint density at radius 1 is 1.26 bits per heavy atom. The molecule has 3 rings (SSSR count). The molecule has 2 aliphatic rings. The second-order valence-electron chi connectivity index (χ2n) is 6.39. The Labute approximate surface area is 157 Å². The van der Waals surface area contributed by atoms with Gasteiger partial charge < -0.3 is 19.7 Å². The summed E-state index contributed by atoms with van der Waals surface area (Å²) in [7, 11) is 0. The van der Waals surface area contributed by atoms with E-state index in [9.17, 15) is 14.4 Å². The molecule has 27 heavy (non-hydrogen) atoms. The highest BCUT2D eigenvalue weighted by Crippen LogP contribution is 2.37. The molecule has 8 heteroatoms. The fourth-order valence-electron chi connectivity index (χ4n) is 3.07. The summed E-state index contributed by atoms with van der Waals surface area (Å²) in [5.41, 5.74) is -0.742. The number of hydrogen-bond donors (Lipinski definition) is 1. The van der Waals surface area contributed by atoms with Gasteiger partial charge in [0.05, 0.1) is 0 Å². The molecule has 1 aromatic rings. The fraction of sp³-hybridized carbons (Fsp3) is 0.316. The van der Waals surface area contributed by atoms with Crippen molar-refractivity contribution in [3.8, 4) is 11.5 Å². The van der Waals surface area contributed by atoms with Crippen molar-refractivity contribution in [1.29, 1.82) is 0 Å². The zero-order valence-electron chi connectivity index (χ0n) is 15.1. The third-order valence-corrected chi connectivity index (χ3v) is 4.57. The highest BCUT2D eigenvalue weighted by molar-refractivity contribution is 6.09. The van der Waals surface area contributed by atoms with Gasteiger partial charge in [-0.1, -0.05) is 18.2 Å². The first-order valence-corrected chi connectivity index (χ1v) is 8.44. The largest absolute Gasteiger partial charge is 0.454 e. The summed E-state index contributed by atoms with van der Waals surface area (Å²) in [6, 6.07) is 4.42. The van der Waals surface area contributed by atoms with Crippen molar-refractivity contribution in [2.45, 2.75) is 12.5 Å². The molecular formula is C19H21N3O5. The van der Waals surface area contributed by atoms with E-state index < -0.39 is 17.5 Å². The van der Waals surface area contributed by atoms with Crippen LogP contribution in [-0.2, 0) is 15.1 Å². The molecule has 2 heterocycles. The van der Waals surface area contributed by atoms with Gasteiger partial charge in [-0.05, 0) is 24.6 Å². The first-order chi connectivity index (χ1) is 12.9. The topological polar surface area (TPSA) is 88.2 Å². The summed E-state index contributed by atoms with van der Waals surface area (Å²) in [5, 5.41) is 2.68. The molecule has 0 radical (unpaired) electrons. The molecule has 1 atom stereocenters. The van der Waals surface area contributed by atoms with Gasteiger partial charge in [0.15, 0.2) is 11.5 Å². The SMILES string of the molecule is C=CCN(CC=C)C(=O)CN1C(=O)N[C@@](C)(c2ccc3c(c2)OCO3)C1=O. The fourth-order valence-corrected chi connectivity index (χ4v) is 3.07. The third-order valence-electron chi connectivity index (χ3n) is 4.57. The Bertz CT molecular complexity index is 812. The minimum absolute atomic E-state index is 0.110. The molecule has 4 amide bonds. The van der Waals surface area contributed by atoms with Crippen molar-refractivity contribution in [3.05, 3.63) is 49.1 Å². The first kappa shape index (κ1) is 18.5. The van der Waals surface area contributed by atoms with Crippen LogP contribution in [0.4, 0.5) is 4.79 Å². The lowest BCUT2D eigenvalue weighted by molar-refractivity contribution is -0.138. The van der Waals surface area contributed by atoms with Crippen LogP contribution in [0.2, 0.25) is 0 Å². The van der Waals surface area contributed by atoms with Crippen molar-refractivity contribution < 1.29 is 23.9 Å². The van der Waals surface area contributed by atoms with Crippen LogP contribution >= 0.6 is 0 Å². The lowest BCUT2D eigenvalue weighted by Crippen LogP contribution is -2.44. The molecule has 2 aliphatic heterocycles. The van der Waals surface area contributed by atoms with Gasteiger partial charge >= 0.3 is 6.03 Å². The molecule has 0 spiro atoms. The quantitative estimate of drug-likeness (QED) is 0.578. The van der Waals surface area contributed by atoms with E-state index in [1.165, 1.54) is 4.90 Å².